The molecule has 0 aliphatic carbocycles. The standard InChI is InChI=1S/C20H16N4O3S/c1-13-21-17(12-28-13)14-4-2-5-15(10-14)22-19(25)11-24-20(26)8-7-16(23-24)18-6-3-9-27-18/h2-10,12H,11H2,1H3,(H,22,25). The number of nitrogens with one attached hydrogen (secondary N) is 1. The van der Waals surface area contributed by atoms with Gasteiger partial charge in [0.05, 0.1) is 17.0 Å². The highest BCUT2D eigenvalue weighted by atomic mass is 32.1. The summed E-state index contributed by atoms with van der Waals surface area (Å²) >= 11 is 1.57. The van der Waals surface area contributed by atoms with Gasteiger partial charge < -0.3 is 9.73 Å². The van der Waals surface area contributed by atoms with E-state index < -0.39 is 0 Å². The van der Waals surface area contributed by atoms with Crippen LogP contribution in [0.5, 0.6) is 0 Å². The third kappa shape index (κ3) is 3.91. The number of amides is 1. The molecule has 0 aliphatic rings. The Morgan fingerprint density at radius 2 is 2.07 bits per heavy atom. The largest absolute Gasteiger partial charge is 0.463 e. The SMILES string of the molecule is Cc1nc(-c2cccc(NC(=O)Cn3nc(-c4ccco4)ccc3=O)c2)cs1. The number of benzene rings is 1. The summed E-state index contributed by atoms with van der Waals surface area (Å²) in [6, 6.07) is 13.8. The van der Waals surface area contributed by atoms with Crippen LogP contribution in [0.15, 0.2) is 69.4 Å². The van der Waals surface area contributed by atoms with Crippen LogP contribution < -0.4 is 10.9 Å². The summed E-state index contributed by atoms with van der Waals surface area (Å²) in [5, 5.41) is 9.96. The molecule has 1 aromatic carbocycles. The van der Waals surface area contributed by atoms with Gasteiger partial charge in [-0.1, -0.05) is 12.1 Å². The minimum absolute atomic E-state index is 0.201. The molecule has 0 unspecified atom stereocenters. The normalized spacial score (nSPS) is 10.8. The van der Waals surface area contributed by atoms with Crippen LogP contribution in [0.1, 0.15) is 5.01 Å². The Kier molecular flexibility index (Phi) is 4.86. The summed E-state index contributed by atoms with van der Waals surface area (Å²) in [6.07, 6.45) is 1.52. The lowest BCUT2D eigenvalue weighted by molar-refractivity contribution is -0.117. The number of nitrogens with zero attached hydrogens (tertiary/aromatic N) is 3. The Bertz CT molecular complexity index is 1180. The maximum Gasteiger partial charge on any atom is 0.267 e. The maximum atomic E-state index is 12.4. The quantitative estimate of drug-likeness (QED) is 0.561. The number of aryl methyl sites for hydroxylation is 1. The van der Waals surface area contributed by atoms with Crippen molar-refractivity contribution in [3.8, 4) is 22.7 Å². The van der Waals surface area contributed by atoms with Gasteiger partial charge in [0.1, 0.15) is 12.2 Å². The second kappa shape index (κ2) is 7.61. The van der Waals surface area contributed by atoms with Gasteiger partial charge in [-0.05, 0) is 37.3 Å². The molecule has 3 aromatic heterocycles. The van der Waals surface area contributed by atoms with Gasteiger partial charge in [-0.25, -0.2) is 9.67 Å². The molecule has 1 amide bonds. The van der Waals surface area contributed by atoms with Crippen LogP contribution in [0.25, 0.3) is 22.7 Å². The number of carbonyl (C=O) groups is 1. The first-order chi connectivity index (χ1) is 13.6. The van der Waals surface area contributed by atoms with Crippen LogP contribution in [-0.4, -0.2) is 20.7 Å². The van der Waals surface area contributed by atoms with Crippen LogP contribution in [0.2, 0.25) is 0 Å². The first-order valence-corrected chi connectivity index (χ1v) is 9.41. The van der Waals surface area contributed by atoms with Gasteiger partial charge >= 0.3 is 0 Å². The highest BCUT2D eigenvalue weighted by molar-refractivity contribution is 7.09. The number of hydrogen-bond donors (Lipinski definition) is 1. The third-order valence-electron chi connectivity index (χ3n) is 3.99. The van der Waals surface area contributed by atoms with Crippen molar-refractivity contribution in [3.63, 3.8) is 0 Å². The van der Waals surface area contributed by atoms with Crippen molar-refractivity contribution in [3.05, 3.63) is 75.5 Å². The molecule has 7 nitrogen and oxygen atoms in total. The fourth-order valence-corrected chi connectivity index (χ4v) is 3.33. The van der Waals surface area contributed by atoms with E-state index in [1.165, 1.54) is 12.3 Å². The number of carbonyl (C=O) groups excluding carboxylic acids is 1. The van der Waals surface area contributed by atoms with Gasteiger partial charge in [0, 0.05) is 22.7 Å². The van der Waals surface area contributed by atoms with Gasteiger partial charge in [-0.3, -0.25) is 9.59 Å². The second-order valence-corrected chi connectivity index (χ2v) is 7.13. The zero-order valence-electron chi connectivity index (χ0n) is 15.0. The molecule has 0 saturated heterocycles. The Morgan fingerprint density at radius 1 is 1.18 bits per heavy atom. The zero-order valence-corrected chi connectivity index (χ0v) is 15.8. The summed E-state index contributed by atoms with van der Waals surface area (Å²) in [5.74, 6) is 0.179. The molecule has 0 saturated carbocycles. The highest BCUT2D eigenvalue weighted by Gasteiger charge is 2.10. The molecule has 28 heavy (non-hydrogen) atoms. The van der Waals surface area contributed by atoms with E-state index in [0.717, 1.165) is 20.9 Å². The van der Waals surface area contributed by atoms with Crippen LogP contribution in [0.4, 0.5) is 5.69 Å². The third-order valence-corrected chi connectivity index (χ3v) is 4.77. The Hall–Kier alpha value is -3.52. The van der Waals surface area contributed by atoms with Gasteiger partial charge in [0.15, 0.2) is 5.76 Å². The first-order valence-electron chi connectivity index (χ1n) is 8.53. The predicted octanol–water partition coefficient (Wildman–Crippen LogP) is 3.57. The van der Waals surface area contributed by atoms with E-state index in [1.54, 1.807) is 35.6 Å². The van der Waals surface area contributed by atoms with Crippen LogP contribution in [0.3, 0.4) is 0 Å². The summed E-state index contributed by atoms with van der Waals surface area (Å²) in [5.41, 5.74) is 2.53. The number of furan rings is 1. The lowest BCUT2D eigenvalue weighted by Gasteiger charge is -2.08. The molecule has 0 aliphatic heterocycles. The predicted molar refractivity (Wildman–Crippen MR) is 107 cm³/mol. The topological polar surface area (TPSA) is 90.0 Å². The fourth-order valence-electron chi connectivity index (χ4n) is 2.71. The number of hydrogen-bond acceptors (Lipinski definition) is 6. The van der Waals surface area contributed by atoms with Crippen LogP contribution in [0, 0.1) is 6.92 Å². The van der Waals surface area contributed by atoms with Crippen molar-refractivity contribution in [1.82, 2.24) is 14.8 Å². The second-order valence-electron chi connectivity index (χ2n) is 6.07. The van der Waals surface area contributed by atoms with Crippen molar-refractivity contribution < 1.29 is 9.21 Å². The van der Waals surface area contributed by atoms with Gasteiger partial charge in [0.2, 0.25) is 5.91 Å². The highest BCUT2D eigenvalue weighted by Crippen LogP contribution is 2.24. The summed E-state index contributed by atoms with van der Waals surface area (Å²) in [4.78, 5) is 28.9. The number of anilines is 1. The molecule has 0 bridgehead atoms. The fraction of sp³-hybridized carbons (Fsp3) is 0.100. The molecule has 3 heterocycles. The molecule has 0 radical (unpaired) electrons. The summed E-state index contributed by atoms with van der Waals surface area (Å²) in [6.45, 7) is 1.74. The van der Waals surface area contributed by atoms with E-state index in [-0.39, 0.29) is 18.0 Å². The van der Waals surface area contributed by atoms with Crippen molar-refractivity contribution in [2.45, 2.75) is 13.5 Å². The minimum atomic E-state index is -0.364. The summed E-state index contributed by atoms with van der Waals surface area (Å²) < 4.78 is 6.40. The first kappa shape index (κ1) is 17.9. The van der Waals surface area contributed by atoms with Crippen LogP contribution in [-0.2, 0) is 11.3 Å². The average Bonchev–Trinajstić information content (AvgIpc) is 3.36. The van der Waals surface area contributed by atoms with Crippen molar-refractivity contribution in [2.75, 3.05) is 5.32 Å². The molecule has 140 valence electrons. The van der Waals surface area contributed by atoms with E-state index in [9.17, 15) is 9.59 Å². The molecule has 0 fully saturated rings. The number of aromatic nitrogens is 3. The summed E-state index contributed by atoms with van der Waals surface area (Å²) in [7, 11) is 0. The number of rotatable bonds is 5. The van der Waals surface area contributed by atoms with E-state index in [0.29, 0.717) is 17.1 Å². The Balaban J connectivity index is 1.51. The van der Waals surface area contributed by atoms with Crippen molar-refractivity contribution in [1.29, 1.82) is 0 Å². The Morgan fingerprint density at radius 3 is 2.82 bits per heavy atom. The average molecular weight is 392 g/mol. The lowest BCUT2D eigenvalue weighted by atomic mass is 10.1. The molecule has 1 N–H and O–H groups in total. The van der Waals surface area contributed by atoms with Crippen molar-refractivity contribution in [2.24, 2.45) is 0 Å². The van der Waals surface area contributed by atoms with E-state index in [2.05, 4.69) is 15.4 Å². The molecule has 4 rings (SSSR count). The van der Waals surface area contributed by atoms with Gasteiger partial charge in [-0.15, -0.1) is 11.3 Å². The molecule has 4 aromatic rings. The Labute approximate surface area is 164 Å². The monoisotopic (exact) mass is 392 g/mol. The molecule has 8 heteroatoms. The maximum absolute atomic E-state index is 12.4. The van der Waals surface area contributed by atoms with E-state index in [1.807, 2.05) is 30.5 Å². The minimum Gasteiger partial charge on any atom is -0.463 e. The van der Waals surface area contributed by atoms with Crippen molar-refractivity contribution >= 4 is 22.9 Å². The zero-order chi connectivity index (χ0) is 19.5. The van der Waals surface area contributed by atoms with Crippen LogP contribution >= 0.6 is 11.3 Å². The van der Waals surface area contributed by atoms with E-state index >= 15 is 0 Å². The molecule has 0 spiro atoms. The molecular formula is C20H16N4O3S. The number of thiazole rings is 1. The molecular weight excluding hydrogens is 376 g/mol. The lowest BCUT2D eigenvalue weighted by Crippen LogP contribution is -2.29. The van der Waals surface area contributed by atoms with Gasteiger partial charge in [-0.2, -0.15) is 5.10 Å². The van der Waals surface area contributed by atoms with Gasteiger partial charge in [0.25, 0.3) is 5.56 Å². The molecule has 0 atom stereocenters. The smallest absolute Gasteiger partial charge is 0.267 e. The van der Waals surface area contributed by atoms with E-state index in [4.69, 9.17) is 4.42 Å².